The average molecular weight is 370 g/mol. The van der Waals surface area contributed by atoms with Crippen molar-refractivity contribution in [1.82, 2.24) is 14.5 Å². The van der Waals surface area contributed by atoms with E-state index in [1.807, 2.05) is 6.33 Å². The molecule has 142 valence electrons. The Hall–Kier alpha value is -2.91. The van der Waals surface area contributed by atoms with E-state index in [0.717, 1.165) is 24.9 Å². The van der Waals surface area contributed by atoms with Gasteiger partial charge in [-0.1, -0.05) is 66.7 Å². The summed E-state index contributed by atoms with van der Waals surface area (Å²) in [6.07, 6.45) is 4.23. The van der Waals surface area contributed by atoms with Crippen molar-refractivity contribution in [3.05, 3.63) is 102 Å². The number of nitrogens with zero attached hydrogens (tertiary/aromatic N) is 3. The molecule has 3 heteroatoms. The van der Waals surface area contributed by atoms with Crippen molar-refractivity contribution in [3.8, 4) is 0 Å². The van der Waals surface area contributed by atoms with E-state index in [-0.39, 0.29) is 6.04 Å². The zero-order chi connectivity index (χ0) is 19.3. The molecule has 0 fully saturated rings. The number of aryl methyl sites for hydroxylation is 1. The molecule has 3 aromatic carbocycles. The van der Waals surface area contributed by atoms with Crippen LogP contribution in [0.3, 0.4) is 0 Å². The minimum absolute atomic E-state index is 0.115. The number of aromatic nitrogens is 2. The molecule has 0 aliphatic heterocycles. The second-order valence-corrected chi connectivity index (χ2v) is 7.61. The van der Waals surface area contributed by atoms with Crippen LogP contribution >= 0.6 is 0 Å². The molecular weight excluding hydrogens is 342 g/mol. The SMILES string of the molecule is CN(C)CCCc1ccc2ncn(C(c3ccccc3)c3ccccc3)c2c1. The zero-order valence-corrected chi connectivity index (χ0v) is 16.6. The lowest BCUT2D eigenvalue weighted by Crippen LogP contribution is -2.13. The van der Waals surface area contributed by atoms with Crippen LogP contribution in [0.15, 0.2) is 85.2 Å². The van der Waals surface area contributed by atoms with Gasteiger partial charge in [-0.2, -0.15) is 0 Å². The maximum atomic E-state index is 4.69. The van der Waals surface area contributed by atoms with E-state index in [1.54, 1.807) is 0 Å². The van der Waals surface area contributed by atoms with Crippen molar-refractivity contribution in [1.29, 1.82) is 0 Å². The van der Waals surface area contributed by atoms with Crippen molar-refractivity contribution < 1.29 is 0 Å². The highest BCUT2D eigenvalue weighted by atomic mass is 15.1. The number of rotatable bonds is 7. The van der Waals surface area contributed by atoms with E-state index in [2.05, 4.69) is 102 Å². The Morgan fingerprint density at radius 3 is 2.11 bits per heavy atom. The van der Waals surface area contributed by atoms with Crippen LogP contribution in [0.25, 0.3) is 11.0 Å². The summed E-state index contributed by atoms with van der Waals surface area (Å²) in [5, 5.41) is 0. The lowest BCUT2D eigenvalue weighted by Gasteiger charge is -2.21. The number of hydrogen-bond acceptors (Lipinski definition) is 2. The van der Waals surface area contributed by atoms with Crippen molar-refractivity contribution in [2.24, 2.45) is 0 Å². The Balaban J connectivity index is 1.76. The van der Waals surface area contributed by atoms with Crippen LogP contribution in [0.5, 0.6) is 0 Å². The maximum Gasteiger partial charge on any atom is 0.0966 e. The molecule has 3 nitrogen and oxygen atoms in total. The fraction of sp³-hybridized carbons (Fsp3) is 0.240. The van der Waals surface area contributed by atoms with Crippen molar-refractivity contribution in [2.45, 2.75) is 18.9 Å². The van der Waals surface area contributed by atoms with Gasteiger partial charge in [-0.05, 0) is 62.3 Å². The third kappa shape index (κ3) is 4.00. The molecule has 0 N–H and O–H groups in total. The van der Waals surface area contributed by atoms with Crippen molar-refractivity contribution in [2.75, 3.05) is 20.6 Å². The highest BCUT2D eigenvalue weighted by molar-refractivity contribution is 5.76. The third-order valence-corrected chi connectivity index (χ3v) is 5.22. The monoisotopic (exact) mass is 369 g/mol. The normalized spacial score (nSPS) is 11.6. The van der Waals surface area contributed by atoms with Gasteiger partial charge in [-0.15, -0.1) is 0 Å². The van der Waals surface area contributed by atoms with Gasteiger partial charge in [-0.3, -0.25) is 0 Å². The van der Waals surface area contributed by atoms with Crippen LogP contribution in [0, 0.1) is 0 Å². The lowest BCUT2D eigenvalue weighted by molar-refractivity contribution is 0.400. The van der Waals surface area contributed by atoms with Crippen LogP contribution in [0.4, 0.5) is 0 Å². The van der Waals surface area contributed by atoms with E-state index in [1.165, 1.54) is 22.2 Å². The van der Waals surface area contributed by atoms with Gasteiger partial charge in [0.05, 0.1) is 23.4 Å². The van der Waals surface area contributed by atoms with Gasteiger partial charge >= 0.3 is 0 Å². The molecule has 0 radical (unpaired) electrons. The summed E-state index contributed by atoms with van der Waals surface area (Å²) in [4.78, 5) is 6.93. The molecule has 1 heterocycles. The predicted octanol–water partition coefficient (Wildman–Crippen LogP) is 5.17. The molecule has 28 heavy (non-hydrogen) atoms. The van der Waals surface area contributed by atoms with Crippen LogP contribution in [0.1, 0.15) is 29.2 Å². The van der Waals surface area contributed by atoms with Crippen LogP contribution in [-0.4, -0.2) is 35.1 Å². The standard InChI is InChI=1S/C25H27N3/c1-27(2)17-9-10-20-15-16-23-24(18-20)28(19-26-23)25(21-11-5-3-6-12-21)22-13-7-4-8-14-22/h3-8,11-16,18-19,25H,9-10,17H2,1-2H3. The molecule has 0 bridgehead atoms. The Kier molecular flexibility index (Phi) is 5.54. The first-order valence-corrected chi connectivity index (χ1v) is 9.92. The van der Waals surface area contributed by atoms with E-state index in [4.69, 9.17) is 4.98 Å². The van der Waals surface area contributed by atoms with Gasteiger partial charge in [-0.25, -0.2) is 4.98 Å². The Morgan fingerprint density at radius 2 is 1.50 bits per heavy atom. The van der Waals surface area contributed by atoms with Gasteiger partial charge in [0.25, 0.3) is 0 Å². The number of hydrogen-bond donors (Lipinski definition) is 0. The molecule has 4 rings (SSSR count). The molecule has 4 aromatic rings. The summed E-state index contributed by atoms with van der Waals surface area (Å²) < 4.78 is 2.31. The van der Waals surface area contributed by atoms with Gasteiger partial charge in [0.1, 0.15) is 0 Å². The molecule has 0 amide bonds. The maximum absolute atomic E-state index is 4.69. The summed E-state index contributed by atoms with van der Waals surface area (Å²) in [5.41, 5.74) is 6.15. The minimum Gasteiger partial charge on any atom is -0.319 e. The van der Waals surface area contributed by atoms with Crippen LogP contribution in [0.2, 0.25) is 0 Å². The van der Waals surface area contributed by atoms with E-state index >= 15 is 0 Å². The van der Waals surface area contributed by atoms with Gasteiger partial charge in [0.15, 0.2) is 0 Å². The Morgan fingerprint density at radius 1 is 0.857 bits per heavy atom. The Labute approximate surface area is 167 Å². The highest BCUT2D eigenvalue weighted by Crippen LogP contribution is 2.30. The third-order valence-electron chi connectivity index (χ3n) is 5.22. The van der Waals surface area contributed by atoms with Gasteiger partial charge in [0, 0.05) is 0 Å². The van der Waals surface area contributed by atoms with Gasteiger partial charge < -0.3 is 9.47 Å². The summed E-state index contributed by atoms with van der Waals surface area (Å²) in [6, 6.07) is 28.2. The summed E-state index contributed by atoms with van der Waals surface area (Å²) >= 11 is 0. The van der Waals surface area contributed by atoms with E-state index < -0.39 is 0 Å². The molecule has 0 aliphatic carbocycles. The van der Waals surface area contributed by atoms with E-state index in [0.29, 0.717) is 0 Å². The molecule has 0 saturated heterocycles. The highest BCUT2D eigenvalue weighted by Gasteiger charge is 2.18. The number of benzene rings is 3. The molecule has 0 saturated carbocycles. The summed E-state index contributed by atoms with van der Waals surface area (Å²) in [7, 11) is 4.26. The molecule has 0 spiro atoms. The number of fused-ring (bicyclic) bond motifs is 1. The van der Waals surface area contributed by atoms with Crippen molar-refractivity contribution in [3.63, 3.8) is 0 Å². The fourth-order valence-corrected chi connectivity index (χ4v) is 3.82. The smallest absolute Gasteiger partial charge is 0.0966 e. The summed E-state index contributed by atoms with van der Waals surface area (Å²) in [5.74, 6) is 0. The second kappa shape index (κ2) is 8.41. The first kappa shape index (κ1) is 18.5. The first-order chi connectivity index (χ1) is 13.7. The Bertz CT molecular complexity index is 980. The minimum atomic E-state index is 0.115. The zero-order valence-electron chi connectivity index (χ0n) is 16.6. The predicted molar refractivity (Wildman–Crippen MR) is 117 cm³/mol. The molecule has 0 aliphatic rings. The lowest BCUT2D eigenvalue weighted by atomic mass is 9.98. The average Bonchev–Trinajstić information content (AvgIpc) is 3.13. The van der Waals surface area contributed by atoms with Crippen molar-refractivity contribution >= 4 is 11.0 Å². The second-order valence-electron chi connectivity index (χ2n) is 7.61. The van der Waals surface area contributed by atoms with Gasteiger partial charge in [0.2, 0.25) is 0 Å². The molecule has 1 aromatic heterocycles. The molecular formula is C25H27N3. The molecule has 0 unspecified atom stereocenters. The largest absolute Gasteiger partial charge is 0.319 e. The number of imidazole rings is 1. The topological polar surface area (TPSA) is 21.1 Å². The fourth-order valence-electron chi connectivity index (χ4n) is 3.82. The molecule has 0 atom stereocenters. The van der Waals surface area contributed by atoms with E-state index in [9.17, 15) is 0 Å². The van der Waals surface area contributed by atoms with Crippen LogP contribution < -0.4 is 0 Å². The van der Waals surface area contributed by atoms with Crippen LogP contribution in [-0.2, 0) is 6.42 Å². The quantitative estimate of drug-likeness (QED) is 0.448. The first-order valence-electron chi connectivity index (χ1n) is 9.92. The summed E-state index contributed by atoms with van der Waals surface area (Å²) in [6.45, 7) is 1.11.